The van der Waals surface area contributed by atoms with E-state index in [1.165, 1.54) is 12.1 Å². The Morgan fingerprint density at radius 1 is 1.24 bits per heavy atom. The molecule has 3 N–H and O–H groups in total. The third-order valence-electron chi connectivity index (χ3n) is 7.51. The van der Waals surface area contributed by atoms with Gasteiger partial charge in [0.1, 0.15) is 23.8 Å². The van der Waals surface area contributed by atoms with Crippen molar-refractivity contribution in [3.63, 3.8) is 0 Å². The van der Waals surface area contributed by atoms with Gasteiger partial charge in [-0.05, 0) is 51.6 Å². The van der Waals surface area contributed by atoms with E-state index in [1.54, 1.807) is 6.07 Å². The fourth-order valence-electron chi connectivity index (χ4n) is 5.32. The van der Waals surface area contributed by atoms with Gasteiger partial charge < -0.3 is 25.6 Å². The molecule has 2 saturated heterocycles. The molecule has 2 aliphatic heterocycles. The first kappa shape index (κ1) is 25.4. The molecule has 4 heterocycles. The van der Waals surface area contributed by atoms with Crippen LogP contribution < -0.4 is 20.7 Å². The molecule has 2 aliphatic rings. The Morgan fingerprint density at radius 3 is 2.74 bits per heavy atom. The lowest BCUT2D eigenvalue weighted by molar-refractivity contribution is 0.188. The Bertz CT molecular complexity index is 1530. The molecular weight excluding hydrogens is 532 g/mol. The molecule has 8 nitrogen and oxygen atoms in total. The van der Waals surface area contributed by atoms with E-state index >= 15 is 4.39 Å². The van der Waals surface area contributed by atoms with Crippen molar-refractivity contribution in [3.05, 3.63) is 34.9 Å². The Labute approximate surface area is 227 Å². The van der Waals surface area contributed by atoms with E-state index in [2.05, 4.69) is 32.1 Å². The summed E-state index contributed by atoms with van der Waals surface area (Å²) in [5, 5.41) is 4.12. The minimum absolute atomic E-state index is 0.0916. The Kier molecular flexibility index (Phi) is 6.71. The number of anilines is 2. The highest BCUT2D eigenvalue weighted by Gasteiger charge is 2.30. The fraction of sp³-hybridized carbons (Fsp3) is 0.423. The molecule has 38 heavy (non-hydrogen) atoms. The second-order valence-corrected chi connectivity index (χ2v) is 11.2. The normalized spacial score (nSPS) is 18.4. The molecule has 0 saturated carbocycles. The van der Waals surface area contributed by atoms with Gasteiger partial charge in [0.05, 0.1) is 21.3 Å². The van der Waals surface area contributed by atoms with Gasteiger partial charge in [-0.15, -0.1) is 0 Å². The topological polar surface area (TPSA) is 92.4 Å². The van der Waals surface area contributed by atoms with E-state index in [-0.39, 0.29) is 49.5 Å². The number of nitrogens with two attached hydrogens (primary N) is 1. The minimum atomic E-state index is -0.638. The number of likely N-dealkylation sites (tertiary alicyclic amines) is 1. The van der Waals surface area contributed by atoms with Crippen molar-refractivity contribution >= 4 is 55.0 Å². The maximum Gasteiger partial charge on any atom is 0.319 e. The highest BCUT2D eigenvalue weighted by Crippen LogP contribution is 2.42. The second-order valence-electron chi connectivity index (χ2n) is 9.78. The quantitative estimate of drug-likeness (QED) is 0.337. The van der Waals surface area contributed by atoms with E-state index in [0.717, 1.165) is 43.8 Å². The van der Waals surface area contributed by atoms with Gasteiger partial charge in [0.25, 0.3) is 0 Å². The van der Waals surface area contributed by atoms with Crippen LogP contribution in [0, 0.1) is 11.6 Å². The average molecular weight is 560 g/mol. The number of nitrogen functional groups attached to an aromatic ring is 1. The van der Waals surface area contributed by atoms with Crippen LogP contribution in [0.4, 0.5) is 19.7 Å². The van der Waals surface area contributed by atoms with Crippen LogP contribution in [0.3, 0.4) is 0 Å². The van der Waals surface area contributed by atoms with Gasteiger partial charge in [0, 0.05) is 42.2 Å². The lowest BCUT2D eigenvalue weighted by atomic mass is 10.0. The lowest BCUT2D eigenvalue weighted by Gasteiger charge is -2.39. The average Bonchev–Trinajstić information content (AvgIpc) is 3.46. The molecule has 0 amide bonds. The number of nitrogens with zero attached hydrogens (tertiary/aromatic N) is 5. The molecule has 200 valence electrons. The first-order chi connectivity index (χ1) is 18.4. The van der Waals surface area contributed by atoms with Crippen molar-refractivity contribution in [2.75, 3.05) is 50.5 Å². The summed E-state index contributed by atoms with van der Waals surface area (Å²) < 4.78 is 37.3. The summed E-state index contributed by atoms with van der Waals surface area (Å²) in [6.07, 6.45) is 2.13. The minimum Gasteiger partial charge on any atom is -0.462 e. The van der Waals surface area contributed by atoms with Crippen molar-refractivity contribution in [1.29, 1.82) is 0 Å². The Balaban J connectivity index is 1.52. The van der Waals surface area contributed by atoms with E-state index < -0.39 is 11.6 Å². The third-order valence-corrected chi connectivity index (χ3v) is 8.70. The largest absolute Gasteiger partial charge is 0.462 e. The van der Waals surface area contributed by atoms with Gasteiger partial charge in [-0.3, -0.25) is 0 Å². The predicted molar refractivity (Wildman–Crippen MR) is 148 cm³/mol. The zero-order valence-corrected chi connectivity index (χ0v) is 22.7. The smallest absolute Gasteiger partial charge is 0.319 e. The highest BCUT2D eigenvalue weighted by molar-refractivity contribution is 7.22. The fourth-order valence-corrected chi connectivity index (χ4v) is 6.38. The van der Waals surface area contributed by atoms with Crippen LogP contribution in [0.5, 0.6) is 6.01 Å². The summed E-state index contributed by atoms with van der Waals surface area (Å²) in [7, 11) is 2.07. The zero-order chi connectivity index (χ0) is 26.6. The van der Waals surface area contributed by atoms with Gasteiger partial charge in [-0.25, -0.2) is 13.8 Å². The van der Waals surface area contributed by atoms with Crippen molar-refractivity contribution in [2.24, 2.45) is 0 Å². The molecule has 2 aromatic carbocycles. The second kappa shape index (κ2) is 10.0. The monoisotopic (exact) mass is 559 g/mol. The molecular formula is C26H28ClF2N7OS. The molecule has 4 aromatic rings. The van der Waals surface area contributed by atoms with E-state index in [4.69, 9.17) is 27.1 Å². The number of thiazole rings is 1. The van der Waals surface area contributed by atoms with E-state index in [9.17, 15) is 4.39 Å². The number of ether oxygens (including phenoxy) is 1. The standard InChI is InChI=1S/C26H28ClF2N7OS/c1-3-36(14-10-31-11-14)24-16-9-17(27)19(15-6-7-18(28)23-22(15)32-25(30)38-23)20(29)21(16)33-26(34-24)37-12-13-5-4-8-35(13)2/h6-7,9,13-14,31H,3-5,8,10-12H2,1-2H3,(H2,30,32)/t13-/m0/s1. The van der Waals surface area contributed by atoms with Crippen LogP contribution in [-0.2, 0) is 0 Å². The molecule has 12 heteroatoms. The van der Waals surface area contributed by atoms with E-state index in [1.807, 2.05) is 6.92 Å². The van der Waals surface area contributed by atoms with Gasteiger partial charge in [0.15, 0.2) is 10.9 Å². The van der Waals surface area contributed by atoms with Crippen LogP contribution in [0.25, 0.3) is 32.2 Å². The van der Waals surface area contributed by atoms with Crippen molar-refractivity contribution in [1.82, 2.24) is 25.2 Å². The van der Waals surface area contributed by atoms with Crippen LogP contribution >= 0.6 is 22.9 Å². The number of rotatable bonds is 7. The molecule has 0 unspecified atom stereocenters. The number of hydrogen-bond donors (Lipinski definition) is 2. The van der Waals surface area contributed by atoms with Crippen LogP contribution in [0.2, 0.25) is 5.02 Å². The van der Waals surface area contributed by atoms with Gasteiger partial charge >= 0.3 is 6.01 Å². The Hall–Kier alpha value is -2.86. The summed E-state index contributed by atoms with van der Waals surface area (Å²) in [6, 6.07) is 5.01. The summed E-state index contributed by atoms with van der Waals surface area (Å²) in [4.78, 5) is 17.9. The van der Waals surface area contributed by atoms with Crippen LogP contribution in [0.1, 0.15) is 19.8 Å². The van der Waals surface area contributed by atoms with Crippen molar-refractivity contribution in [3.8, 4) is 17.1 Å². The number of benzene rings is 2. The maximum absolute atomic E-state index is 16.5. The molecule has 0 radical (unpaired) electrons. The van der Waals surface area contributed by atoms with Crippen molar-refractivity contribution in [2.45, 2.75) is 31.8 Å². The molecule has 1 atom stereocenters. The summed E-state index contributed by atoms with van der Waals surface area (Å²) in [5.41, 5.74) is 6.66. The predicted octanol–water partition coefficient (Wildman–Crippen LogP) is 4.69. The molecule has 0 bridgehead atoms. The zero-order valence-electron chi connectivity index (χ0n) is 21.1. The molecule has 0 aliphatic carbocycles. The number of nitrogens with one attached hydrogen (secondary N) is 1. The van der Waals surface area contributed by atoms with Crippen molar-refractivity contribution < 1.29 is 13.5 Å². The van der Waals surface area contributed by atoms with Gasteiger partial charge in [-0.1, -0.05) is 22.9 Å². The lowest BCUT2D eigenvalue weighted by Crippen LogP contribution is -2.57. The molecule has 6 rings (SSSR count). The summed E-state index contributed by atoms with van der Waals surface area (Å²) >= 11 is 7.74. The highest BCUT2D eigenvalue weighted by atomic mass is 35.5. The van der Waals surface area contributed by atoms with E-state index in [0.29, 0.717) is 29.9 Å². The number of hydrogen-bond acceptors (Lipinski definition) is 9. The first-order valence-corrected chi connectivity index (χ1v) is 13.9. The van der Waals surface area contributed by atoms with Crippen LogP contribution in [-0.4, -0.2) is 71.8 Å². The van der Waals surface area contributed by atoms with Gasteiger partial charge in [0.2, 0.25) is 0 Å². The van der Waals surface area contributed by atoms with Gasteiger partial charge in [-0.2, -0.15) is 9.97 Å². The SMILES string of the molecule is CCN(c1nc(OC[C@@H]2CCCN2C)nc2c(F)c(-c3ccc(F)c4sc(N)nc34)c(Cl)cc12)C1CNC1. The maximum atomic E-state index is 16.5. The first-order valence-electron chi connectivity index (χ1n) is 12.7. The molecule has 2 aromatic heterocycles. The third kappa shape index (κ3) is 4.31. The molecule has 2 fully saturated rings. The summed E-state index contributed by atoms with van der Waals surface area (Å²) in [6.45, 7) is 5.73. The number of aromatic nitrogens is 3. The number of fused-ring (bicyclic) bond motifs is 2. The van der Waals surface area contributed by atoms with Crippen LogP contribution in [0.15, 0.2) is 18.2 Å². The number of likely N-dealkylation sites (N-methyl/N-ethyl adjacent to an activating group) is 2. The molecule has 0 spiro atoms. The Morgan fingerprint density at radius 2 is 2.05 bits per heavy atom. The summed E-state index contributed by atoms with van der Waals surface area (Å²) in [5.74, 6) is -0.533. The number of halogens is 3.